The molecule has 0 aliphatic carbocycles. The minimum absolute atomic E-state index is 0.352. The number of halogens is 1. The molecule has 0 atom stereocenters. The molecule has 0 saturated heterocycles. The summed E-state index contributed by atoms with van der Waals surface area (Å²) < 4.78 is 5.27. The Balaban J connectivity index is 2.09. The van der Waals surface area contributed by atoms with Crippen LogP contribution in [-0.2, 0) is 0 Å². The monoisotopic (exact) mass is 289 g/mol. The van der Waals surface area contributed by atoms with E-state index in [9.17, 15) is 4.79 Å². The van der Waals surface area contributed by atoms with Gasteiger partial charge >= 0.3 is 5.97 Å². The lowest BCUT2D eigenvalue weighted by Crippen LogP contribution is -2.22. The van der Waals surface area contributed by atoms with E-state index >= 15 is 0 Å². The van der Waals surface area contributed by atoms with Crippen molar-refractivity contribution in [2.24, 2.45) is 0 Å². The summed E-state index contributed by atoms with van der Waals surface area (Å²) in [6.45, 7) is 4.43. The van der Waals surface area contributed by atoms with Crippen molar-refractivity contribution in [2.45, 2.75) is 13.1 Å². The van der Waals surface area contributed by atoms with Crippen LogP contribution in [0.3, 0.4) is 0 Å². The number of rotatable bonds is 3. The van der Waals surface area contributed by atoms with Crippen molar-refractivity contribution >= 4 is 31.6 Å². The number of hydrogen-bond acceptors (Lipinski definition) is 2. The van der Waals surface area contributed by atoms with E-state index in [-0.39, 0.29) is 5.97 Å². The summed E-state index contributed by atoms with van der Waals surface area (Å²) in [5.41, 5.74) is 0.557. The number of ether oxygens (including phenoxy) is 1. The Kier molecular flexibility index (Phi) is 4.40. The first-order chi connectivity index (χ1) is 9.06. The quantitative estimate of drug-likeness (QED) is 0.491. The first kappa shape index (κ1) is 13.8. The molecule has 0 heterocycles. The predicted octanol–water partition coefficient (Wildman–Crippen LogP) is 3.52. The van der Waals surface area contributed by atoms with Gasteiger partial charge in [-0.05, 0) is 36.4 Å². The molecule has 0 aliphatic heterocycles. The first-order valence-electron chi connectivity index (χ1n) is 5.94. The summed E-state index contributed by atoms with van der Waals surface area (Å²) in [7, 11) is -0.484. The molecule has 97 valence electrons. The molecule has 0 aliphatic rings. The fraction of sp³-hybridized carbons (Fsp3) is 0.133. The smallest absolute Gasteiger partial charge is 0.343 e. The van der Waals surface area contributed by atoms with Crippen LogP contribution in [0.4, 0.5) is 0 Å². The SMILES string of the molecule is C[Si](C)c1ccc(C(=O)Oc2ccc(Cl)cc2)cc1. The fourth-order valence-corrected chi connectivity index (χ4v) is 2.57. The number of hydrogen-bond donors (Lipinski definition) is 0. The minimum Gasteiger partial charge on any atom is -0.423 e. The van der Waals surface area contributed by atoms with Gasteiger partial charge in [0.25, 0.3) is 0 Å². The van der Waals surface area contributed by atoms with Gasteiger partial charge in [-0.3, -0.25) is 0 Å². The van der Waals surface area contributed by atoms with Crippen LogP contribution < -0.4 is 9.92 Å². The van der Waals surface area contributed by atoms with Gasteiger partial charge in [-0.25, -0.2) is 4.79 Å². The van der Waals surface area contributed by atoms with E-state index in [1.165, 1.54) is 5.19 Å². The molecule has 2 nitrogen and oxygen atoms in total. The second kappa shape index (κ2) is 6.04. The molecule has 0 aromatic heterocycles. The van der Waals surface area contributed by atoms with Gasteiger partial charge in [-0.15, -0.1) is 0 Å². The van der Waals surface area contributed by atoms with Gasteiger partial charge in [0, 0.05) is 5.02 Å². The molecule has 19 heavy (non-hydrogen) atoms. The normalized spacial score (nSPS) is 10.5. The Morgan fingerprint density at radius 3 is 2.11 bits per heavy atom. The molecule has 2 aromatic carbocycles. The van der Waals surface area contributed by atoms with Gasteiger partial charge in [0.05, 0.1) is 14.4 Å². The summed E-state index contributed by atoms with van der Waals surface area (Å²) in [6, 6.07) is 14.3. The largest absolute Gasteiger partial charge is 0.423 e. The molecule has 0 saturated carbocycles. The van der Waals surface area contributed by atoms with Crippen LogP contribution in [0.15, 0.2) is 48.5 Å². The highest BCUT2D eigenvalue weighted by Crippen LogP contribution is 2.16. The van der Waals surface area contributed by atoms with Gasteiger partial charge in [0.15, 0.2) is 0 Å². The minimum atomic E-state index is -0.484. The maximum Gasteiger partial charge on any atom is 0.343 e. The van der Waals surface area contributed by atoms with Crippen molar-refractivity contribution in [2.75, 3.05) is 0 Å². The van der Waals surface area contributed by atoms with E-state index in [0.717, 1.165) is 0 Å². The summed E-state index contributed by atoms with van der Waals surface area (Å²) in [6.07, 6.45) is 0. The molecule has 2 aromatic rings. The number of benzene rings is 2. The highest BCUT2D eigenvalue weighted by atomic mass is 35.5. The van der Waals surface area contributed by atoms with Crippen LogP contribution in [-0.4, -0.2) is 14.8 Å². The standard InChI is InChI=1S/C15H14ClO2Si/c1-19(2)14-9-3-11(4-10-14)15(17)18-13-7-5-12(16)6-8-13/h3-10H,1-2H3. The van der Waals surface area contributed by atoms with Crippen LogP contribution in [0, 0.1) is 0 Å². The molecule has 0 bridgehead atoms. The molecular formula is C15H14ClO2Si. The number of esters is 1. The Labute approximate surface area is 119 Å². The molecule has 4 heteroatoms. The van der Waals surface area contributed by atoms with E-state index in [4.69, 9.17) is 16.3 Å². The van der Waals surface area contributed by atoms with Crippen molar-refractivity contribution < 1.29 is 9.53 Å². The first-order valence-corrected chi connectivity index (χ1v) is 8.82. The van der Waals surface area contributed by atoms with E-state index in [1.54, 1.807) is 24.3 Å². The van der Waals surface area contributed by atoms with E-state index < -0.39 is 8.80 Å². The predicted molar refractivity (Wildman–Crippen MR) is 80.0 cm³/mol. The Morgan fingerprint density at radius 2 is 1.58 bits per heavy atom. The number of carbonyl (C=O) groups is 1. The Morgan fingerprint density at radius 1 is 1.00 bits per heavy atom. The maximum atomic E-state index is 11.9. The van der Waals surface area contributed by atoms with Gasteiger partial charge < -0.3 is 4.74 Å². The third-order valence-corrected chi connectivity index (χ3v) is 4.46. The van der Waals surface area contributed by atoms with E-state index in [1.807, 2.05) is 24.3 Å². The molecule has 0 amide bonds. The zero-order valence-electron chi connectivity index (χ0n) is 10.8. The van der Waals surface area contributed by atoms with Crippen molar-refractivity contribution in [3.05, 3.63) is 59.1 Å². The molecule has 0 fully saturated rings. The molecule has 0 spiro atoms. The van der Waals surface area contributed by atoms with Crippen LogP contribution in [0.5, 0.6) is 5.75 Å². The zero-order valence-corrected chi connectivity index (χ0v) is 12.6. The average Bonchev–Trinajstić information content (AvgIpc) is 2.41. The summed E-state index contributed by atoms with van der Waals surface area (Å²) in [5.74, 6) is 0.143. The van der Waals surface area contributed by atoms with Crippen molar-refractivity contribution in [1.29, 1.82) is 0 Å². The fourth-order valence-electron chi connectivity index (χ4n) is 1.61. The van der Waals surface area contributed by atoms with E-state index in [2.05, 4.69) is 13.1 Å². The third kappa shape index (κ3) is 3.69. The summed E-state index contributed by atoms with van der Waals surface area (Å²) in [5, 5.41) is 1.91. The number of carbonyl (C=O) groups excluding carboxylic acids is 1. The summed E-state index contributed by atoms with van der Waals surface area (Å²) in [4.78, 5) is 11.9. The van der Waals surface area contributed by atoms with Gasteiger partial charge in [0.1, 0.15) is 5.75 Å². The molecular weight excluding hydrogens is 276 g/mol. The Bertz CT molecular complexity index is 562. The van der Waals surface area contributed by atoms with Crippen molar-refractivity contribution in [3.63, 3.8) is 0 Å². The highest BCUT2D eigenvalue weighted by molar-refractivity contribution is 6.70. The van der Waals surface area contributed by atoms with Crippen molar-refractivity contribution in [1.82, 2.24) is 0 Å². The highest BCUT2D eigenvalue weighted by Gasteiger charge is 2.09. The molecule has 0 N–H and O–H groups in total. The lowest BCUT2D eigenvalue weighted by Gasteiger charge is -2.06. The van der Waals surface area contributed by atoms with Gasteiger partial charge in [-0.2, -0.15) is 0 Å². The second-order valence-corrected chi connectivity index (χ2v) is 7.43. The molecule has 0 unspecified atom stereocenters. The van der Waals surface area contributed by atoms with Gasteiger partial charge in [-0.1, -0.05) is 42.0 Å². The lowest BCUT2D eigenvalue weighted by molar-refractivity contribution is 0.0735. The second-order valence-electron chi connectivity index (χ2n) is 4.42. The Hall–Kier alpha value is -1.58. The molecule has 2 rings (SSSR count). The lowest BCUT2D eigenvalue weighted by atomic mass is 10.2. The van der Waals surface area contributed by atoms with E-state index in [0.29, 0.717) is 16.3 Å². The average molecular weight is 290 g/mol. The zero-order chi connectivity index (χ0) is 13.8. The van der Waals surface area contributed by atoms with Crippen LogP contribution in [0.2, 0.25) is 18.1 Å². The topological polar surface area (TPSA) is 26.3 Å². The third-order valence-electron chi connectivity index (χ3n) is 2.72. The van der Waals surface area contributed by atoms with Crippen LogP contribution in [0.1, 0.15) is 10.4 Å². The molecule has 1 radical (unpaired) electrons. The van der Waals surface area contributed by atoms with Crippen LogP contribution >= 0.6 is 11.6 Å². The maximum absolute atomic E-state index is 11.9. The van der Waals surface area contributed by atoms with Gasteiger partial charge in [0.2, 0.25) is 0 Å². The van der Waals surface area contributed by atoms with Crippen molar-refractivity contribution in [3.8, 4) is 5.75 Å². The summed E-state index contributed by atoms with van der Waals surface area (Å²) >= 11 is 5.77. The van der Waals surface area contributed by atoms with Crippen LogP contribution in [0.25, 0.3) is 0 Å².